The fourth-order valence-electron chi connectivity index (χ4n) is 5.58. The second kappa shape index (κ2) is 6.03. The molecule has 1 aliphatic heterocycles. The van der Waals surface area contributed by atoms with Crippen molar-refractivity contribution in [3.63, 3.8) is 0 Å². The van der Waals surface area contributed by atoms with Gasteiger partial charge in [0.25, 0.3) is 0 Å². The molecule has 1 saturated carbocycles. The third-order valence-corrected chi connectivity index (χ3v) is 6.71. The molecule has 5 rings (SSSR count). The maximum Gasteiger partial charge on any atom is 0.249 e. The summed E-state index contributed by atoms with van der Waals surface area (Å²) in [7, 11) is 0. The van der Waals surface area contributed by atoms with Crippen molar-refractivity contribution in [2.45, 2.75) is 31.2 Å². The van der Waals surface area contributed by atoms with E-state index in [0.717, 1.165) is 35.1 Å². The molecule has 1 unspecified atom stereocenters. The summed E-state index contributed by atoms with van der Waals surface area (Å²) in [6, 6.07) is 9.37. The summed E-state index contributed by atoms with van der Waals surface area (Å²) in [5.41, 5.74) is 10.3. The highest BCUT2D eigenvalue weighted by Crippen LogP contribution is 2.53. The first-order chi connectivity index (χ1) is 13.5. The third kappa shape index (κ3) is 2.28. The molecule has 5 heteroatoms. The van der Waals surface area contributed by atoms with Crippen LogP contribution in [0, 0.1) is 11.7 Å². The van der Waals surface area contributed by atoms with Crippen LogP contribution >= 0.6 is 0 Å². The van der Waals surface area contributed by atoms with E-state index in [9.17, 15) is 9.59 Å². The quantitative estimate of drug-likeness (QED) is 0.712. The summed E-state index contributed by atoms with van der Waals surface area (Å²) >= 11 is 0. The number of hydrogen-bond acceptors (Lipinski definition) is 2. The van der Waals surface area contributed by atoms with Gasteiger partial charge in [0.15, 0.2) is 0 Å². The molecule has 2 amide bonds. The van der Waals surface area contributed by atoms with Crippen LogP contribution in [-0.4, -0.2) is 29.3 Å². The maximum atomic E-state index is 15.4. The molecule has 28 heavy (non-hydrogen) atoms. The van der Waals surface area contributed by atoms with Crippen LogP contribution < -0.4 is 5.73 Å². The molecular formula is C23H21FN2O2. The molecule has 3 atom stereocenters. The minimum absolute atomic E-state index is 0.0423. The van der Waals surface area contributed by atoms with E-state index in [1.54, 1.807) is 0 Å². The molecule has 4 nitrogen and oxygen atoms in total. The van der Waals surface area contributed by atoms with Gasteiger partial charge in [0.05, 0.1) is 0 Å². The molecule has 2 N–H and O–H groups in total. The zero-order valence-corrected chi connectivity index (χ0v) is 15.5. The van der Waals surface area contributed by atoms with Crippen LogP contribution in [0.2, 0.25) is 0 Å². The number of fused-ring (bicyclic) bond motifs is 5. The van der Waals surface area contributed by atoms with Crippen LogP contribution in [0.25, 0.3) is 11.1 Å². The lowest BCUT2D eigenvalue weighted by atomic mass is 9.81. The van der Waals surface area contributed by atoms with Crippen LogP contribution in [-0.2, 0) is 11.2 Å². The Kier molecular flexibility index (Phi) is 3.69. The Hall–Kier alpha value is -2.95. The molecule has 0 spiro atoms. The molecule has 1 saturated heterocycles. The van der Waals surface area contributed by atoms with Gasteiger partial charge < -0.3 is 10.6 Å². The van der Waals surface area contributed by atoms with Gasteiger partial charge in [-0.3, -0.25) is 9.59 Å². The van der Waals surface area contributed by atoms with Gasteiger partial charge in [0, 0.05) is 18.2 Å². The number of likely N-dealkylation sites (tertiary alicyclic amines) is 1. The van der Waals surface area contributed by atoms with Crippen molar-refractivity contribution in [3.8, 4) is 11.1 Å². The number of primary amides is 1. The minimum atomic E-state index is -0.592. The molecule has 142 valence electrons. The first-order valence-corrected chi connectivity index (χ1v) is 9.66. The van der Waals surface area contributed by atoms with Crippen molar-refractivity contribution >= 4 is 11.8 Å². The molecular weight excluding hydrogens is 355 g/mol. The molecule has 2 fully saturated rings. The zero-order chi connectivity index (χ0) is 19.6. The van der Waals surface area contributed by atoms with Gasteiger partial charge >= 0.3 is 0 Å². The number of hydrogen-bond donors (Lipinski definition) is 1. The second-order valence-electron chi connectivity index (χ2n) is 8.06. The molecule has 0 aromatic heterocycles. The molecule has 1 heterocycles. The van der Waals surface area contributed by atoms with Crippen LogP contribution in [0.4, 0.5) is 4.39 Å². The summed E-state index contributed by atoms with van der Waals surface area (Å²) in [5, 5.41) is 0. The second-order valence-corrected chi connectivity index (χ2v) is 8.06. The minimum Gasteiger partial charge on any atom is -0.366 e. The number of benzene rings is 2. The number of halogens is 1. The monoisotopic (exact) mass is 376 g/mol. The van der Waals surface area contributed by atoms with Gasteiger partial charge in [-0.2, -0.15) is 0 Å². The number of nitrogens with two attached hydrogens (primary N) is 1. The van der Waals surface area contributed by atoms with E-state index < -0.39 is 5.91 Å². The van der Waals surface area contributed by atoms with Gasteiger partial charge in [-0.25, -0.2) is 4.39 Å². The van der Waals surface area contributed by atoms with E-state index in [1.807, 2.05) is 29.2 Å². The predicted octanol–water partition coefficient (Wildman–Crippen LogP) is 3.39. The highest BCUT2D eigenvalue weighted by molar-refractivity contribution is 5.99. The highest BCUT2D eigenvalue weighted by Gasteiger charge is 2.48. The molecule has 2 bridgehead atoms. The number of nitrogens with zero attached hydrogens (tertiary/aromatic N) is 1. The summed E-state index contributed by atoms with van der Waals surface area (Å²) < 4.78 is 15.4. The van der Waals surface area contributed by atoms with Crippen molar-refractivity contribution in [3.05, 3.63) is 71.1 Å². The van der Waals surface area contributed by atoms with Crippen LogP contribution in [0.15, 0.2) is 43.0 Å². The smallest absolute Gasteiger partial charge is 0.249 e. The van der Waals surface area contributed by atoms with Crippen LogP contribution in [0.5, 0.6) is 0 Å². The highest BCUT2D eigenvalue weighted by atomic mass is 19.1. The van der Waals surface area contributed by atoms with E-state index >= 15 is 4.39 Å². The van der Waals surface area contributed by atoms with Crippen molar-refractivity contribution < 1.29 is 14.0 Å². The third-order valence-electron chi connectivity index (χ3n) is 6.71. The number of amides is 2. The van der Waals surface area contributed by atoms with Crippen molar-refractivity contribution in [2.24, 2.45) is 11.7 Å². The number of piperidine rings is 1. The lowest BCUT2D eigenvalue weighted by Crippen LogP contribution is -2.38. The normalized spacial score (nSPS) is 24.2. The number of carbonyl (C=O) groups excluding carboxylic acids is 2. The first-order valence-electron chi connectivity index (χ1n) is 9.66. The zero-order valence-electron chi connectivity index (χ0n) is 15.5. The Balaban J connectivity index is 1.63. The summed E-state index contributed by atoms with van der Waals surface area (Å²) in [6.45, 7) is 4.22. The largest absolute Gasteiger partial charge is 0.366 e. The molecule has 2 aliphatic carbocycles. The van der Waals surface area contributed by atoms with Gasteiger partial charge in [-0.1, -0.05) is 30.8 Å². The van der Waals surface area contributed by atoms with Crippen molar-refractivity contribution in [2.75, 3.05) is 6.54 Å². The first kappa shape index (κ1) is 17.2. The summed E-state index contributed by atoms with van der Waals surface area (Å²) in [5.74, 6) is -0.736. The van der Waals surface area contributed by atoms with Crippen LogP contribution in [0.1, 0.15) is 45.8 Å². The van der Waals surface area contributed by atoms with Crippen molar-refractivity contribution in [1.29, 1.82) is 0 Å². The van der Waals surface area contributed by atoms with Gasteiger partial charge in [-0.15, -0.1) is 0 Å². The summed E-state index contributed by atoms with van der Waals surface area (Å²) in [6.07, 6.45) is 3.58. The van der Waals surface area contributed by atoms with E-state index in [1.165, 1.54) is 12.1 Å². The lowest BCUT2D eigenvalue weighted by Gasteiger charge is -2.32. The summed E-state index contributed by atoms with van der Waals surface area (Å²) in [4.78, 5) is 25.9. The van der Waals surface area contributed by atoms with Crippen molar-refractivity contribution in [1.82, 2.24) is 4.90 Å². The average Bonchev–Trinajstić information content (AvgIpc) is 3.38. The molecule has 3 aliphatic rings. The Labute approximate surface area is 162 Å². The average molecular weight is 376 g/mol. The fraction of sp³-hybridized carbons (Fsp3) is 0.304. The molecule has 2 aromatic carbocycles. The van der Waals surface area contributed by atoms with Gasteiger partial charge in [0.2, 0.25) is 11.8 Å². The van der Waals surface area contributed by atoms with E-state index in [-0.39, 0.29) is 35.2 Å². The Morgan fingerprint density at radius 2 is 2.04 bits per heavy atom. The Bertz CT molecular complexity index is 1050. The standard InChI is InChI=1S/C23H21FN2O2/c1-2-20(27)26-11-13-7-14(26)9-16(13)22-19(24)10-18(23(25)28)17-8-12-5-3-4-6-15(12)21(17)22/h2-6,10,13-14,16H,1,7-9,11H2,(H2,25,28)/t13-,14-,16?/m1/s1. The van der Waals surface area contributed by atoms with Crippen LogP contribution in [0.3, 0.4) is 0 Å². The van der Waals surface area contributed by atoms with E-state index in [0.29, 0.717) is 18.5 Å². The number of carbonyl (C=O) groups is 2. The van der Waals surface area contributed by atoms with E-state index in [2.05, 4.69) is 6.58 Å². The maximum absolute atomic E-state index is 15.4. The molecule has 2 aromatic rings. The van der Waals surface area contributed by atoms with Gasteiger partial charge in [0.1, 0.15) is 5.82 Å². The predicted molar refractivity (Wildman–Crippen MR) is 104 cm³/mol. The topological polar surface area (TPSA) is 63.4 Å². The lowest BCUT2D eigenvalue weighted by molar-refractivity contribution is -0.127. The Morgan fingerprint density at radius 3 is 2.71 bits per heavy atom. The van der Waals surface area contributed by atoms with E-state index in [4.69, 9.17) is 5.73 Å². The molecule has 0 radical (unpaired) electrons. The van der Waals surface area contributed by atoms with Gasteiger partial charge in [-0.05, 0) is 71.1 Å². The number of rotatable bonds is 3. The fourth-order valence-corrected chi connectivity index (χ4v) is 5.58. The SMILES string of the molecule is C=CC(=O)N1C[C@H]2C[C@@H]1CC2c1c(F)cc(C(N)=O)c2c1-c1ccccc1C2. The Morgan fingerprint density at radius 1 is 1.25 bits per heavy atom.